The van der Waals surface area contributed by atoms with Gasteiger partial charge in [-0.15, -0.1) is 0 Å². The number of rotatable bonds is 5. The summed E-state index contributed by atoms with van der Waals surface area (Å²) in [6.45, 7) is 8.34. The summed E-state index contributed by atoms with van der Waals surface area (Å²) in [5.41, 5.74) is 0.809. The number of nitrogens with zero attached hydrogens (tertiary/aromatic N) is 3. The van der Waals surface area contributed by atoms with Gasteiger partial charge < -0.3 is 14.4 Å². The average molecular weight is 492 g/mol. The highest BCUT2D eigenvalue weighted by molar-refractivity contribution is 6.33. The minimum Gasteiger partial charge on any atom is -0.497 e. The normalized spacial score (nSPS) is 11.7. The van der Waals surface area contributed by atoms with E-state index in [-0.39, 0.29) is 41.1 Å². The molecule has 0 aliphatic carbocycles. The maximum absolute atomic E-state index is 14.1. The lowest BCUT2D eigenvalue weighted by Crippen LogP contribution is -2.23. The van der Waals surface area contributed by atoms with Gasteiger partial charge in [0.25, 0.3) is 5.91 Å². The first-order valence-corrected chi connectivity index (χ1v) is 11.3. The molecule has 0 bridgehead atoms. The van der Waals surface area contributed by atoms with Crippen molar-refractivity contribution in [3.63, 3.8) is 0 Å². The first-order chi connectivity index (χ1) is 16.4. The second-order valence-electron chi connectivity index (χ2n) is 6.60. The molecular weight excluding hydrogens is 464 g/mol. The van der Waals surface area contributed by atoms with Crippen LogP contribution in [0.25, 0.3) is 11.4 Å². The van der Waals surface area contributed by atoms with Crippen LogP contribution in [0.3, 0.4) is 0 Å². The number of carbonyl (C=O) groups excluding carboxylic acids is 1. The van der Waals surface area contributed by atoms with Crippen molar-refractivity contribution >= 4 is 17.5 Å². The fraction of sp³-hybridized carbons (Fsp3) is 0.320. The van der Waals surface area contributed by atoms with E-state index in [0.717, 1.165) is 17.7 Å². The van der Waals surface area contributed by atoms with E-state index in [1.165, 1.54) is 18.1 Å². The Morgan fingerprint density at radius 3 is 2.21 bits per heavy atom. The van der Waals surface area contributed by atoms with Crippen LogP contribution in [0.1, 0.15) is 49.3 Å². The third-order valence-corrected chi connectivity index (χ3v) is 5.10. The lowest BCUT2D eigenvalue weighted by molar-refractivity contribution is 0.0765. The molecular formula is C25H28ClF2N3O3. The molecule has 1 aromatic heterocycles. The molecule has 0 saturated heterocycles. The topological polar surface area (TPSA) is 64.5 Å². The molecule has 0 saturated carbocycles. The number of halogens is 3. The standard InChI is InChI=1S/C21H16ClF2N3O3.2C2H6/c1-29-12-7-6-11(16(8-12)30-2)9-27-10-15-18(21(27)28)19(22)26-20(25-15)17-13(23)4-3-5-14(17)24;2*1-2/h3-8H,9-10H2,1-2H3;2*1-2H3. The molecule has 182 valence electrons. The number of carbonyl (C=O) groups is 1. The molecule has 1 aliphatic heterocycles. The van der Waals surface area contributed by atoms with Crippen LogP contribution < -0.4 is 9.47 Å². The molecule has 0 unspecified atom stereocenters. The smallest absolute Gasteiger partial charge is 0.259 e. The first-order valence-electron chi connectivity index (χ1n) is 10.9. The third kappa shape index (κ3) is 5.44. The second kappa shape index (κ2) is 12.3. The number of ether oxygens (including phenoxy) is 2. The van der Waals surface area contributed by atoms with Crippen LogP contribution in [-0.4, -0.2) is 35.0 Å². The van der Waals surface area contributed by atoms with E-state index in [4.69, 9.17) is 21.1 Å². The predicted octanol–water partition coefficient (Wildman–Crippen LogP) is 6.30. The fourth-order valence-corrected chi connectivity index (χ4v) is 3.62. The van der Waals surface area contributed by atoms with E-state index < -0.39 is 11.6 Å². The van der Waals surface area contributed by atoms with E-state index in [1.54, 1.807) is 25.3 Å². The highest BCUT2D eigenvalue weighted by Crippen LogP contribution is 2.33. The molecule has 0 atom stereocenters. The van der Waals surface area contributed by atoms with Gasteiger partial charge in [-0.3, -0.25) is 4.79 Å². The molecule has 0 N–H and O–H groups in total. The van der Waals surface area contributed by atoms with Crippen molar-refractivity contribution < 1.29 is 23.0 Å². The Balaban J connectivity index is 0.000000970. The molecule has 6 nitrogen and oxygen atoms in total. The van der Waals surface area contributed by atoms with Gasteiger partial charge in [0.15, 0.2) is 5.82 Å². The summed E-state index contributed by atoms with van der Waals surface area (Å²) in [4.78, 5) is 22.6. The SMILES string of the molecule is CC.CC.COc1ccc(CN2Cc3nc(-c4c(F)cccc4F)nc(Cl)c3C2=O)c(OC)c1. The molecule has 0 radical (unpaired) electrons. The zero-order valence-corrected chi connectivity index (χ0v) is 20.8. The largest absolute Gasteiger partial charge is 0.497 e. The summed E-state index contributed by atoms with van der Waals surface area (Å²) >= 11 is 6.21. The lowest BCUT2D eigenvalue weighted by atomic mass is 10.1. The number of hydrogen-bond acceptors (Lipinski definition) is 5. The Hall–Kier alpha value is -3.26. The fourth-order valence-electron chi connectivity index (χ4n) is 3.35. The van der Waals surface area contributed by atoms with Crippen LogP contribution in [0.4, 0.5) is 8.78 Å². The zero-order valence-electron chi connectivity index (χ0n) is 20.1. The van der Waals surface area contributed by atoms with Crippen LogP contribution in [0.15, 0.2) is 36.4 Å². The van der Waals surface area contributed by atoms with Gasteiger partial charge in [-0.1, -0.05) is 45.4 Å². The summed E-state index contributed by atoms with van der Waals surface area (Å²) in [6.07, 6.45) is 0. The predicted molar refractivity (Wildman–Crippen MR) is 128 cm³/mol. The number of benzene rings is 2. The summed E-state index contributed by atoms with van der Waals surface area (Å²) < 4.78 is 38.9. The lowest BCUT2D eigenvalue weighted by Gasteiger charge is -2.18. The van der Waals surface area contributed by atoms with Gasteiger partial charge in [-0.25, -0.2) is 18.7 Å². The second-order valence-corrected chi connectivity index (χ2v) is 6.95. The van der Waals surface area contributed by atoms with Gasteiger partial charge in [0.05, 0.1) is 38.6 Å². The van der Waals surface area contributed by atoms with Crippen molar-refractivity contribution in [2.45, 2.75) is 40.8 Å². The van der Waals surface area contributed by atoms with Gasteiger partial charge in [-0.05, 0) is 24.3 Å². The van der Waals surface area contributed by atoms with Crippen molar-refractivity contribution in [3.8, 4) is 22.9 Å². The molecule has 1 amide bonds. The third-order valence-electron chi connectivity index (χ3n) is 4.82. The van der Waals surface area contributed by atoms with E-state index in [0.29, 0.717) is 17.2 Å². The quantitative estimate of drug-likeness (QED) is 0.392. The number of amides is 1. The maximum atomic E-state index is 14.1. The highest BCUT2D eigenvalue weighted by atomic mass is 35.5. The summed E-state index contributed by atoms with van der Waals surface area (Å²) in [5.74, 6) is -1.01. The highest BCUT2D eigenvalue weighted by Gasteiger charge is 2.33. The van der Waals surface area contributed by atoms with Crippen LogP contribution in [0.2, 0.25) is 5.15 Å². The first kappa shape index (κ1) is 27.0. The van der Waals surface area contributed by atoms with Crippen LogP contribution in [0, 0.1) is 11.6 Å². The number of aromatic nitrogens is 2. The van der Waals surface area contributed by atoms with Gasteiger partial charge in [0, 0.05) is 11.6 Å². The molecule has 0 spiro atoms. The minimum atomic E-state index is -0.810. The summed E-state index contributed by atoms with van der Waals surface area (Å²) in [5, 5.41) is -0.146. The van der Waals surface area contributed by atoms with Crippen LogP contribution >= 0.6 is 11.6 Å². The van der Waals surface area contributed by atoms with Gasteiger partial charge in [0.2, 0.25) is 0 Å². The van der Waals surface area contributed by atoms with E-state index >= 15 is 0 Å². The maximum Gasteiger partial charge on any atom is 0.259 e. The van der Waals surface area contributed by atoms with E-state index in [2.05, 4.69) is 9.97 Å². The number of hydrogen-bond donors (Lipinski definition) is 0. The molecule has 2 heterocycles. The van der Waals surface area contributed by atoms with Crippen LogP contribution in [-0.2, 0) is 13.1 Å². The molecule has 34 heavy (non-hydrogen) atoms. The number of fused-ring (bicyclic) bond motifs is 1. The molecule has 4 rings (SSSR count). The van der Waals surface area contributed by atoms with Crippen molar-refractivity contribution in [3.05, 3.63) is 70.0 Å². The molecule has 1 aliphatic rings. The van der Waals surface area contributed by atoms with Crippen LogP contribution in [0.5, 0.6) is 11.5 Å². The van der Waals surface area contributed by atoms with E-state index in [9.17, 15) is 13.6 Å². The van der Waals surface area contributed by atoms with Gasteiger partial charge in [0.1, 0.15) is 33.9 Å². The molecule has 3 aromatic rings. The van der Waals surface area contributed by atoms with Crippen molar-refractivity contribution in [1.82, 2.24) is 14.9 Å². The summed E-state index contributed by atoms with van der Waals surface area (Å²) in [6, 6.07) is 8.73. The molecule has 0 fully saturated rings. The molecule has 9 heteroatoms. The van der Waals surface area contributed by atoms with Crippen molar-refractivity contribution in [2.24, 2.45) is 0 Å². The Bertz CT molecular complexity index is 1140. The average Bonchev–Trinajstić information content (AvgIpc) is 3.17. The molecule has 2 aromatic carbocycles. The summed E-state index contributed by atoms with van der Waals surface area (Å²) in [7, 11) is 3.07. The zero-order chi connectivity index (χ0) is 25.4. The Morgan fingerprint density at radius 2 is 1.62 bits per heavy atom. The monoisotopic (exact) mass is 491 g/mol. The number of methoxy groups -OCH3 is 2. The van der Waals surface area contributed by atoms with Crippen molar-refractivity contribution in [2.75, 3.05) is 14.2 Å². The van der Waals surface area contributed by atoms with Gasteiger partial charge >= 0.3 is 0 Å². The Morgan fingerprint density at radius 1 is 0.971 bits per heavy atom. The van der Waals surface area contributed by atoms with E-state index in [1.807, 2.05) is 27.7 Å². The Labute approximate surface area is 203 Å². The minimum absolute atomic E-state index is 0.120. The van der Waals surface area contributed by atoms with Crippen molar-refractivity contribution in [1.29, 1.82) is 0 Å². The Kier molecular flexibility index (Phi) is 9.74. The van der Waals surface area contributed by atoms with Gasteiger partial charge in [-0.2, -0.15) is 0 Å².